The van der Waals surface area contributed by atoms with Gasteiger partial charge in [0.15, 0.2) is 0 Å². The van der Waals surface area contributed by atoms with Gasteiger partial charge < -0.3 is 10.2 Å². The molecule has 4 unspecified atom stereocenters. The molecule has 1 heterocycles. The van der Waals surface area contributed by atoms with Gasteiger partial charge in [0.25, 0.3) is 0 Å². The average Bonchev–Trinajstić information content (AvgIpc) is 2.91. The van der Waals surface area contributed by atoms with Gasteiger partial charge in [-0.1, -0.05) is 13.3 Å². The minimum Gasteiger partial charge on any atom is -0.481 e. The third-order valence-electron chi connectivity index (χ3n) is 4.25. The zero-order chi connectivity index (χ0) is 14.2. The maximum absolute atomic E-state index is 11.4. The SMILES string of the molecule is CCC1CC(C(=O)O)C(C(O)c2cc(Br)sc2C)C1. The predicted molar refractivity (Wildman–Crippen MR) is 79.3 cm³/mol. The number of carbonyl (C=O) groups is 1. The lowest BCUT2D eigenvalue weighted by molar-refractivity contribution is -0.144. The van der Waals surface area contributed by atoms with E-state index in [9.17, 15) is 15.0 Å². The molecule has 1 saturated carbocycles. The van der Waals surface area contributed by atoms with Gasteiger partial charge in [-0.05, 0) is 53.2 Å². The summed E-state index contributed by atoms with van der Waals surface area (Å²) in [6.45, 7) is 4.06. The highest BCUT2D eigenvalue weighted by Crippen LogP contribution is 2.46. The monoisotopic (exact) mass is 346 g/mol. The van der Waals surface area contributed by atoms with E-state index < -0.39 is 18.0 Å². The summed E-state index contributed by atoms with van der Waals surface area (Å²) in [6, 6.07) is 1.92. The van der Waals surface area contributed by atoms with Gasteiger partial charge in [0.1, 0.15) is 0 Å². The maximum atomic E-state index is 11.4. The molecule has 3 nitrogen and oxygen atoms in total. The van der Waals surface area contributed by atoms with Crippen LogP contribution in [0.4, 0.5) is 0 Å². The van der Waals surface area contributed by atoms with Crippen molar-refractivity contribution in [1.82, 2.24) is 0 Å². The zero-order valence-corrected chi connectivity index (χ0v) is 13.5. The Morgan fingerprint density at radius 1 is 1.58 bits per heavy atom. The summed E-state index contributed by atoms with van der Waals surface area (Å²) in [5.41, 5.74) is 0.880. The third-order valence-corrected chi connectivity index (χ3v) is 5.82. The van der Waals surface area contributed by atoms with Crippen molar-refractivity contribution in [3.8, 4) is 0 Å². The highest BCUT2D eigenvalue weighted by atomic mass is 79.9. The van der Waals surface area contributed by atoms with Crippen LogP contribution in [0, 0.1) is 24.7 Å². The molecule has 4 atom stereocenters. The van der Waals surface area contributed by atoms with E-state index in [1.54, 1.807) is 11.3 Å². The largest absolute Gasteiger partial charge is 0.481 e. The molecule has 0 spiro atoms. The summed E-state index contributed by atoms with van der Waals surface area (Å²) in [6.07, 6.45) is 1.82. The summed E-state index contributed by atoms with van der Waals surface area (Å²) in [4.78, 5) is 12.4. The first-order chi connectivity index (χ1) is 8.93. The molecule has 19 heavy (non-hydrogen) atoms. The molecule has 1 aliphatic rings. The van der Waals surface area contributed by atoms with Crippen LogP contribution in [0.5, 0.6) is 0 Å². The van der Waals surface area contributed by atoms with Crippen molar-refractivity contribution in [2.75, 3.05) is 0 Å². The quantitative estimate of drug-likeness (QED) is 0.866. The zero-order valence-electron chi connectivity index (χ0n) is 11.1. The first-order valence-electron chi connectivity index (χ1n) is 6.60. The Kier molecular flexibility index (Phi) is 4.69. The molecule has 5 heteroatoms. The van der Waals surface area contributed by atoms with Crippen LogP contribution in [0.2, 0.25) is 0 Å². The Bertz CT molecular complexity index is 471. The van der Waals surface area contributed by atoms with E-state index in [1.165, 1.54) is 0 Å². The number of aliphatic hydroxyl groups is 1. The minimum atomic E-state index is -0.771. The molecule has 0 saturated heterocycles. The molecule has 0 aromatic carbocycles. The van der Waals surface area contributed by atoms with Crippen molar-refractivity contribution in [2.45, 2.75) is 39.2 Å². The summed E-state index contributed by atoms with van der Waals surface area (Å²) >= 11 is 5.00. The summed E-state index contributed by atoms with van der Waals surface area (Å²) in [5.74, 6) is -0.934. The van der Waals surface area contributed by atoms with Crippen molar-refractivity contribution in [3.63, 3.8) is 0 Å². The van der Waals surface area contributed by atoms with Crippen LogP contribution in [-0.2, 0) is 4.79 Å². The van der Waals surface area contributed by atoms with Crippen LogP contribution in [-0.4, -0.2) is 16.2 Å². The molecule has 0 radical (unpaired) electrons. The Labute approximate surface area is 125 Å². The van der Waals surface area contributed by atoms with Gasteiger partial charge in [-0.2, -0.15) is 0 Å². The molecular weight excluding hydrogens is 328 g/mol. The molecule has 1 aliphatic carbocycles. The second-order valence-electron chi connectivity index (χ2n) is 5.36. The van der Waals surface area contributed by atoms with Gasteiger partial charge in [-0.25, -0.2) is 0 Å². The number of aliphatic hydroxyl groups excluding tert-OH is 1. The van der Waals surface area contributed by atoms with Crippen molar-refractivity contribution >= 4 is 33.2 Å². The number of hydrogen-bond acceptors (Lipinski definition) is 3. The van der Waals surface area contributed by atoms with Crippen molar-refractivity contribution in [3.05, 3.63) is 20.3 Å². The minimum absolute atomic E-state index is 0.164. The molecule has 1 aromatic heterocycles. The standard InChI is InChI=1S/C14H19BrO3S/c1-3-8-4-10(11(5-8)14(17)18)13(16)9-6-12(15)19-7(9)2/h6,8,10-11,13,16H,3-5H2,1-2H3,(H,17,18). The highest BCUT2D eigenvalue weighted by molar-refractivity contribution is 9.11. The number of carboxylic acids is 1. The smallest absolute Gasteiger partial charge is 0.306 e. The van der Waals surface area contributed by atoms with E-state index in [2.05, 4.69) is 22.9 Å². The van der Waals surface area contributed by atoms with Crippen LogP contribution >= 0.6 is 27.3 Å². The Morgan fingerprint density at radius 2 is 2.26 bits per heavy atom. The van der Waals surface area contributed by atoms with Gasteiger partial charge in [0.05, 0.1) is 15.8 Å². The van der Waals surface area contributed by atoms with E-state index in [0.29, 0.717) is 12.3 Å². The van der Waals surface area contributed by atoms with E-state index in [-0.39, 0.29) is 5.92 Å². The van der Waals surface area contributed by atoms with Gasteiger partial charge in [0.2, 0.25) is 0 Å². The van der Waals surface area contributed by atoms with Gasteiger partial charge >= 0.3 is 5.97 Å². The summed E-state index contributed by atoms with van der Waals surface area (Å²) in [5, 5.41) is 19.9. The van der Waals surface area contributed by atoms with Crippen molar-refractivity contribution in [1.29, 1.82) is 0 Å². The maximum Gasteiger partial charge on any atom is 0.306 e. The number of aryl methyl sites for hydroxylation is 1. The second kappa shape index (κ2) is 5.94. The predicted octanol–water partition coefficient (Wildman–Crippen LogP) is 3.99. The molecule has 2 N–H and O–H groups in total. The molecule has 2 rings (SSSR count). The molecule has 0 aliphatic heterocycles. The topological polar surface area (TPSA) is 57.5 Å². The Balaban J connectivity index is 2.23. The molecule has 1 aromatic rings. The van der Waals surface area contributed by atoms with Gasteiger partial charge in [-0.3, -0.25) is 4.79 Å². The van der Waals surface area contributed by atoms with Crippen LogP contribution in [0.25, 0.3) is 0 Å². The summed E-state index contributed by atoms with van der Waals surface area (Å²) in [7, 11) is 0. The molecule has 1 fully saturated rings. The van der Waals surface area contributed by atoms with E-state index in [4.69, 9.17) is 0 Å². The number of aliphatic carboxylic acids is 1. The van der Waals surface area contributed by atoms with E-state index in [1.807, 2.05) is 13.0 Å². The lowest BCUT2D eigenvalue weighted by atomic mass is 9.87. The third kappa shape index (κ3) is 3.03. The highest BCUT2D eigenvalue weighted by Gasteiger charge is 2.42. The number of carboxylic acid groups (broad SMARTS) is 1. The number of hydrogen-bond donors (Lipinski definition) is 2. The van der Waals surface area contributed by atoms with E-state index >= 15 is 0 Å². The van der Waals surface area contributed by atoms with Crippen molar-refractivity contribution < 1.29 is 15.0 Å². The van der Waals surface area contributed by atoms with Gasteiger partial charge in [-0.15, -0.1) is 11.3 Å². The fourth-order valence-electron chi connectivity index (χ4n) is 3.13. The van der Waals surface area contributed by atoms with Crippen LogP contribution in [0.15, 0.2) is 9.85 Å². The molecule has 0 bridgehead atoms. The number of halogens is 1. The second-order valence-corrected chi connectivity index (χ2v) is 8.00. The van der Waals surface area contributed by atoms with Crippen LogP contribution in [0.1, 0.15) is 42.7 Å². The molecule has 0 amide bonds. The first-order valence-corrected chi connectivity index (χ1v) is 8.21. The normalized spacial score (nSPS) is 28.5. The summed E-state index contributed by atoms with van der Waals surface area (Å²) < 4.78 is 0.982. The van der Waals surface area contributed by atoms with E-state index in [0.717, 1.165) is 27.1 Å². The molecule has 106 valence electrons. The molecular formula is C14H19BrO3S. The lowest BCUT2D eigenvalue weighted by Crippen LogP contribution is -2.23. The fourth-order valence-corrected chi connectivity index (χ4v) is 4.88. The number of rotatable bonds is 4. The lowest BCUT2D eigenvalue weighted by Gasteiger charge is -2.22. The Hall–Kier alpha value is -0.390. The van der Waals surface area contributed by atoms with Crippen LogP contribution < -0.4 is 0 Å². The fraction of sp³-hybridized carbons (Fsp3) is 0.643. The van der Waals surface area contributed by atoms with Crippen LogP contribution in [0.3, 0.4) is 0 Å². The van der Waals surface area contributed by atoms with Gasteiger partial charge in [0, 0.05) is 10.8 Å². The number of thiophene rings is 1. The van der Waals surface area contributed by atoms with Crippen molar-refractivity contribution in [2.24, 2.45) is 17.8 Å². The Morgan fingerprint density at radius 3 is 2.74 bits per heavy atom. The average molecular weight is 347 g/mol. The first kappa shape index (κ1) is 15.0.